The Morgan fingerprint density at radius 3 is 2.66 bits per heavy atom. The Labute approximate surface area is 173 Å². The Kier molecular flexibility index (Phi) is 7.02. The van der Waals surface area contributed by atoms with Gasteiger partial charge < -0.3 is 14.6 Å². The predicted molar refractivity (Wildman–Crippen MR) is 113 cm³/mol. The highest BCUT2D eigenvalue weighted by molar-refractivity contribution is 7.99. The minimum atomic E-state index is -0.398. The molecule has 0 atom stereocenters. The average molecular weight is 410 g/mol. The standard InChI is InChI=1S/C21H22N4O3S/c1-3-12-28-20(27)16-10-7-11-17(13-16)22-18(26)14-29-21-24-23-19(25(21)2)15-8-5-4-6-9-15/h4-11,13H,3,12,14H2,1-2H3,(H,22,26). The number of aromatic nitrogens is 3. The molecule has 2 aromatic carbocycles. The molecule has 7 nitrogen and oxygen atoms in total. The van der Waals surface area contributed by atoms with Crippen molar-refractivity contribution in [2.24, 2.45) is 7.05 Å². The number of rotatable bonds is 8. The molecule has 0 spiro atoms. The van der Waals surface area contributed by atoms with Crippen molar-refractivity contribution in [3.63, 3.8) is 0 Å². The molecule has 0 aliphatic rings. The van der Waals surface area contributed by atoms with Crippen molar-refractivity contribution in [3.05, 3.63) is 60.2 Å². The number of nitrogens with one attached hydrogen (secondary N) is 1. The van der Waals surface area contributed by atoms with Gasteiger partial charge in [-0.25, -0.2) is 4.79 Å². The Hall–Kier alpha value is -3.13. The number of amides is 1. The summed E-state index contributed by atoms with van der Waals surface area (Å²) in [5, 5.41) is 11.8. The maximum Gasteiger partial charge on any atom is 0.338 e. The molecule has 0 saturated carbocycles. The van der Waals surface area contributed by atoms with Crippen LogP contribution in [-0.2, 0) is 16.6 Å². The third-order valence-corrected chi connectivity index (χ3v) is 5.04. The molecule has 150 valence electrons. The van der Waals surface area contributed by atoms with E-state index in [1.165, 1.54) is 11.8 Å². The number of anilines is 1. The molecule has 1 aromatic heterocycles. The van der Waals surface area contributed by atoms with Crippen LogP contribution >= 0.6 is 11.8 Å². The minimum Gasteiger partial charge on any atom is -0.462 e. The van der Waals surface area contributed by atoms with Gasteiger partial charge in [0.2, 0.25) is 5.91 Å². The Balaban J connectivity index is 1.58. The highest BCUT2D eigenvalue weighted by atomic mass is 32.2. The first kappa shape index (κ1) is 20.6. The van der Waals surface area contributed by atoms with Gasteiger partial charge in [-0.2, -0.15) is 0 Å². The van der Waals surface area contributed by atoms with Gasteiger partial charge in [0.1, 0.15) is 0 Å². The van der Waals surface area contributed by atoms with Crippen LogP contribution in [-0.4, -0.2) is 39.0 Å². The second-order valence-corrected chi connectivity index (χ2v) is 7.23. The number of esters is 1. The quantitative estimate of drug-likeness (QED) is 0.449. The summed E-state index contributed by atoms with van der Waals surface area (Å²) >= 11 is 1.30. The first-order valence-corrected chi connectivity index (χ1v) is 10.2. The molecule has 0 fully saturated rings. The first-order valence-electron chi connectivity index (χ1n) is 9.23. The van der Waals surface area contributed by atoms with E-state index in [0.717, 1.165) is 17.8 Å². The number of hydrogen-bond donors (Lipinski definition) is 1. The molecule has 1 heterocycles. The van der Waals surface area contributed by atoms with E-state index in [0.29, 0.717) is 23.0 Å². The Bertz CT molecular complexity index is 989. The summed E-state index contributed by atoms with van der Waals surface area (Å²) in [4.78, 5) is 24.3. The summed E-state index contributed by atoms with van der Waals surface area (Å²) in [5.41, 5.74) is 1.92. The van der Waals surface area contributed by atoms with Crippen molar-refractivity contribution in [2.75, 3.05) is 17.7 Å². The van der Waals surface area contributed by atoms with Gasteiger partial charge >= 0.3 is 5.97 Å². The van der Waals surface area contributed by atoms with Crippen molar-refractivity contribution < 1.29 is 14.3 Å². The van der Waals surface area contributed by atoms with Gasteiger partial charge in [0, 0.05) is 18.3 Å². The molecule has 0 aliphatic carbocycles. The molecule has 0 bridgehead atoms. The molecule has 3 aromatic rings. The normalized spacial score (nSPS) is 10.6. The van der Waals surface area contributed by atoms with Gasteiger partial charge in [0.15, 0.2) is 11.0 Å². The van der Waals surface area contributed by atoms with E-state index in [9.17, 15) is 9.59 Å². The zero-order valence-electron chi connectivity index (χ0n) is 16.3. The first-order chi connectivity index (χ1) is 14.1. The number of hydrogen-bond acceptors (Lipinski definition) is 6. The van der Waals surface area contributed by atoms with Crippen LogP contribution in [0.4, 0.5) is 5.69 Å². The van der Waals surface area contributed by atoms with Gasteiger partial charge in [0.25, 0.3) is 0 Å². The molecule has 3 rings (SSSR count). The maximum atomic E-state index is 12.3. The lowest BCUT2D eigenvalue weighted by molar-refractivity contribution is -0.113. The van der Waals surface area contributed by atoms with Crippen LogP contribution in [0.5, 0.6) is 0 Å². The largest absolute Gasteiger partial charge is 0.462 e. The van der Waals surface area contributed by atoms with E-state index in [1.54, 1.807) is 24.3 Å². The summed E-state index contributed by atoms with van der Waals surface area (Å²) < 4.78 is 6.98. The van der Waals surface area contributed by atoms with Crippen molar-refractivity contribution in [1.82, 2.24) is 14.8 Å². The molecule has 0 saturated heterocycles. The highest BCUT2D eigenvalue weighted by Crippen LogP contribution is 2.22. The molecule has 29 heavy (non-hydrogen) atoms. The van der Waals surface area contributed by atoms with E-state index in [4.69, 9.17) is 4.74 Å². The summed E-state index contributed by atoms with van der Waals surface area (Å²) in [6.07, 6.45) is 0.757. The average Bonchev–Trinajstić information content (AvgIpc) is 3.11. The summed E-state index contributed by atoms with van der Waals surface area (Å²) in [6, 6.07) is 16.5. The second-order valence-electron chi connectivity index (χ2n) is 6.28. The third-order valence-electron chi connectivity index (χ3n) is 4.02. The number of benzene rings is 2. The number of carbonyl (C=O) groups excluding carboxylic acids is 2. The number of nitrogens with zero attached hydrogens (tertiary/aromatic N) is 3. The summed E-state index contributed by atoms with van der Waals surface area (Å²) in [7, 11) is 1.87. The fraction of sp³-hybridized carbons (Fsp3) is 0.238. The molecule has 0 unspecified atom stereocenters. The van der Waals surface area contributed by atoms with Gasteiger partial charge in [-0.15, -0.1) is 10.2 Å². The van der Waals surface area contributed by atoms with Crippen LogP contribution in [0.3, 0.4) is 0 Å². The lowest BCUT2D eigenvalue weighted by atomic mass is 10.2. The fourth-order valence-electron chi connectivity index (χ4n) is 2.61. The minimum absolute atomic E-state index is 0.172. The van der Waals surface area contributed by atoms with Crippen molar-refractivity contribution in [2.45, 2.75) is 18.5 Å². The monoisotopic (exact) mass is 410 g/mol. The lowest BCUT2D eigenvalue weighted by Crippen LogP contribution is -2.15. The van der Waals surface area contributed by atoms with Crippen LogP contribution in [0.1, 0.15) is 23.7 Å². The molecule has 0 radical (unpaired) electrons. The van der Waals surface area contributed by atoms with E-state index < -0.39 is 5.97 Å². The smallest absolute Gasteiger partial charge is 0.338 e. The van der Waals surface area contributed by atoms with E-state index >= 15 is 0 Å². The molecule has 1 N–H and O–H groups in total. The summed E-state index contributed by atoms with van der Waals surface area (Å²) in [5.74, 6) is 0.320. The molecule has 1 amide bonds. The molecule has 0 aliphatic heterocycles. The third kappa shape index (κ3) is 5.45. The number of carbonyl (C=O) groups is 2. The highest BCUT2D eigenvalue weighted by Gasteiger charge is 2.13. The maximum absolute atomic E-state index is 12.3. The zero-order valence-corrected chi connectivity index (χ0v) is 17.1. The predicted octanol–water partition coefficient (Wildman–Crippen LogP) is 3.78. The van der Waals surface area contributed by atoms with Gasteiger partial charge in [0.05, 0.1) is 17.9 Å². The second kappa shape index (κ2) is 9.88. The van der Waals surface area contributed by atoms with E-state index in [2.05, 4.69) is 15.5 Å². The number of ether oxygens (including phenoxy) is 1. The van der Waals surface area contributed by atoms with Crippen molar-refractivity contribution in [3.8, 4) is 11.4 Å². The Morgan fingerprint density at radius 1 is 1.10 bits per heavy atom. The van der Waals surface area contributed by atoms with E-state index in [-0.39, 0.29) is 11.7 Å². The van der Waals surface area contributed by atoms with Crippen LogP contribution in [0.25, 0.3) is 11.4 Å². The summed E-state index contributed by atoms with van der Waals surface area (Å²) in [6.45, 7) is 2.30. The topological polar surface area (TPSA) is 86.1 Å². The van der Waals surface area contributed by atoms with Gasteiger partial charge in [-0.1, -0.05) is 55.1 Å². The zero-order chi connectivity index (χ0) is 20.6. The van der Waals surface area contributed by atoms with Gasteiger partial charge in [-0.05, 0) is 24.6 Å². The molecular weight excluding hydrogens is 388 g/mol. The molecular formula is C21H22N4O3S. The van der Waals surface area contributed by atoms with Crippen LogP contribution in [0, 0.1) is 0 Å². The van der Waals surface area contributed by atoms with Crippen LogP contribution in [0.15, 0.2) is 59.8 Å². The fourth-order valence-corrected chi connectivity index (χ4v) is 3.32. The van der Waals surface area contributed by atoms with Gasteiger partial charge in [-0.3, -0.25) is 4.79 Å². The SMILES string of the molecule is CCCOC(=O)c1cccc(NC(=O)CSc2nnc(-c3ccccc3)n2C)c1. The van der Waals surface area contributed by atoms with E-state index in [1.807, 2.05) is 48.9 Å². The number of thioether (sulfide) groups is 1. The van der Waals surface area contributed by atoms with Crippen LogP contribution in [0.2, 0.25) is 0 Å². The lowest BCUT2D eigenvalue weighted by Gasteiger charge is -2.08. The van der Waals surface area contributed by atoms with Crippen molar-refractivity contribution >= 4 is 29.3 Å². The van der Waals surface area contributed by atoms with Crippen molar-refractivity contribution in [1.29, 1.82) is 0 Å². The molecule has 8 heteroatoms. The Morgan fingerprint density at radius 2 is 1.90 bits per heavy atom. The van der Waals surface area contributed by atoms with Crippen LogP contribution < -0.4 is 5.32 Å².